The van der Waals surface area contributed by atoms with Crippen molar-refractivity contribution in [2.75, 3.05) is 19.6 Å². The summed E-state index contributed by atoms with van der Waals surface area (Å²) in [4.78, 5) is 30.8. The first kappa shape index (κ1) is 19.1. The lowest BCUT2D eigenvalue weighted by Gasteiger charge is -2.31. The lowest BCUT2D eigenvalue weighted by Crippen LogP contribution is -2.40. The molecule has 0 radical (unpaired) electrons. The highest BCUT2D eigenvalue weighted by molar-refractivity contribution is 5.80. The van der Waals surface area contributed by atoms with Gasteiger partial charge in [-0.25, -0.2) is 4.98 Å². The van der Waals surface area contributed by atoms with E-state index in [1.807, 2.05) is 42.2 Å². The zero-order valence-corrected chi connectivity index (χ0v) is 16.0. The van der Waals surface area contributed by atoms with E-state index in [1.54, 1.807) is 0 Å². The van der Waals surface area contributed by atoms with Gasteiger partial charge >= 0.3 is 0 Å². The Morgan fingerprint density at radius 1 is 1.30 bits per heavy atom. The van der Waals surface area contributed by atoms with Gasteiger partial charge in [0.05, 0.1) is 12.1 Å². The number of nitrogens with one attached hydrogen (secondary N) is 1. The molecular weight excluding hydrogens is 342 g/mol. The molecular formula is C21H27N3O3. The highest BCUT2D eigenvalue weighted by Gasteiger charge is 2.21. The molecule has 27 heavy (non-hydrogen) atoms. The van der Waals surface area contributed by atoms with Gasteiger partial charge in [-0.2, -0.15) is 0 Å². The first-order chi connectivity index (χ1) is 13.0. The van der Waals surface area contributed by atoms with Crippen LogP contribution in [-0.2, 0) is 16.0 Å². The minimum Gasteiger partial charge on any atom is -0.441 e. The van der Waals surface area contributed by atoms with Gasteiger partial charge in [-0.1, -0.05) is 25.1 Å². The van der Waals surface area contributed by atoms with Crippen molar-refractivity contribution in [1.82, 2.24) is 15.2 Å². The van der Waals surface area contributed by atoms with E-state index in [4.69, 9.17) is 4.42 Å². The minimum absolute atomic E-state index is 0.117. The fraction of sp³-hybridized carbons (Fsp3) is 0.476. The summed E-state index contributed by atoms with van der Waals surface area (Å²) in [5, 5.41) is 2.82. The fourth-order valence-corrected chi connectivity index (χ4v) is 3.39. The van der Waals surface area contributed by atoms with Gasteiger partial charge < -0.3 is 14.6 Å². The number of aryl methyl sites for hydroxylation is 1. The van der Waals surface area contributed by atoms with Crippen molar-refractivity contribution in [3.63, 3.8) is 0 Å². The SMILES string of the molecule is Cc1oc(-c2ccccc2)nc1CC(=O)NCCC(=O)N1CCCC(C)C1. The van der Waals surface area contributed by atoms with Gasteiger partial charge in [0.2, 0.25) is 17.7 Å². The normalized spacial score (nSPS) is 17.0. The van der Waals surface area contributed by atoms with E-state index in [0.29, 0.717) is 36.2 Å². The Bertz CT molecular complexity index is 785. The molecule has 6 nitrogen and oxygen atoms in total. The molecule has 1 atom stereocenters. The van der Waals surface area contributed by atoms with Gasteiger partial charge in [0.15, 0.2) is 0 Å². The van der Waals surface area contributed by atoms with E-state index in [0.717, 1.165) is 25.1 Å². The third-order valence-electron chi connectivity index (χ3n) is 4.91. The molecule has 0 bridgehead atoms. The molecule has 1 N–H and O–H groups in total. The van der Waals surface area contributed by atoms with Crippen molar-refractivity contribution < 1.29 is 14.0 Å². The summed E-state index contributed by atoms with van der Waals surface area (Å²) in [5.74, 6) is 1.69. The molecule has 144 valence electrons. The number of hydrogen-bond donors (Lipinski definition) is 1. The van der Waals surface area contributed by atoms with Crippen molar-refractivity contribution >= 4 is 11.8 Å². The highest BCUT2D eigenvalue weighted by Crippen LogP contribution is 2.21. The number of aromatic nitrogens is 1. The summed E-state index contributed by atoms with van der Waals surface area (Å²) in [7, 11) is 0. The number of hydrogen-bond acceptors (Lipinski definition) is 4. The average Bonchev–Trinajstić information content (AvgIpc) is 3.03. The topological polar surface area (TPSA) is 75.4 Å². The third kappa shape index (κ3) is 5.18. The van der Waals surface area contributed by atoms with Crippen LogP contribution in [0.5, 0.6) is 0 Å². The number of benzene rings is 1. The molecule has 0 spiro atoms. The molecule has 3 rings (SSSR count). The predicted octanol–water partition coefficient (Wildman–Crippen LogP) is 2.96. The Morgan fingerprint density at radius 2 is 2.07 bits per heavy atom. The Labute approximate surface area is 160 Å². The van der Waals surface area contributed by atoms with E-state index in [2.05, 4.69) is 17.2 Å². The van der Waals surface area contributed by atoms with Crippen molar-refractivity contribution in [2.24, 2.45) is 5.92 Å². The van der Waals surface area contributed by atoms with Gasteiger partial charge in [0, 0.05) is 31.6 Å². The summed E-state index contributed by atoms with van der Waals surface area (Å²) in [6, 6.07) is 9.60. The van der Waals surface area contributed by atoms with Crippen LogP contribution in [0.3, 0.4) is 0 Å². The maximum atomic E-state index is 12.2. The van der Waals surface area contributed by atoms with Gasteiger partial charge in [-0.3, -0.25) is 9.59 Å². The molecule has 1 aliphatic rings. The number of piperidine rings is 1. The van der Waals surface area contributed by atoms with Gasteiger partial charge in [-0.05, 0) is 37.8 Å². The van der Waals surface area contributed by atoms with Crippen LogP contribution in [0.1, 0.15) is 37.6 Å². The van der Waals surface area contributed by atoms with Crippen LogP contribution in [0, 0.1) is 12.8 Å². The molecule has 0 aliphatic carbocycles. The Hall–Kier alpha value is -2.63. The lowest BCUT2D eigenvalue weighted by atomic mass is 10.00. The smallest absolute Gasteiger partial charge is 0.226 e. The van der Waals surface area contributed by atoms with Crippen LogP contribution in [0.15, 0.2) is 34.7 Å². The lowest BCUT2D eigenvalue weighted by molar-refractivity contribution is -0.132. The second-order valence-corrected chi connectivity index (χ2v) is 7.25. The predicted molar refractivity (Wildman–Crippen MR) is 103 cm³/mol. The maximum Gasteiger partial charge on any atom is 0.226 e. The molecule has 1 aromatic carbocycles. The van der Waals surface area contributed by atoms with E-state index in [1.165, 1.54) is 6.42 Å². The van der Waals surface area contributed by atoms with Gasteiger partial charge in [0.1, 0.15) is 5.76 Å². The number of amides is 2. The summed E-state index contributed by atoms with van der Waals surface area (Å²) < 4.78 is 5.68. The standard InChI is InChI=1S/C21H27N3O3/c1-15-7-6-12-24(14-15)20(26)10-11-22-19(25)13-18-16(2)27-21(23-18)17-8-4-3-5-9-17/h3-5,8-9,15H,6-7,10-14H2,1-2H3,(H,22,25). The minimum atomic E-state index is -0.147. The van der Waals surface area contributed by atoms with Gasteiger partial charge in [0.25, 0.3) is 0 Å². The van der Waals surface area contributed by atoms with E-state index in [9.17, 15) is 9.59 Å². The first-order valence-corrected chi connectivity index (χ1v) is 9.59. The zero-order chi connectivity index (χ0) is 19.2. The second kappa shape index (κ2) is 8.84. The summed E-state index contributed by atoms with van der Waals surface area (Å²) in [5.41, 5.74) is 1.51. The summed E-state index contributed by atoms with van der Waals surface area (Å²) in [6.45, 7) is 5.99. The third-order valence-corrected chi connectivity index (χ3v) is 4.91. The molecule has 1 unspecified atom stereocenters. The van der Waals surface area contributed by atoms with Crippen molar-refractivity contribution in [3.8, 4) is 11.5 Å². The van der Waals surface area contributed by atoms with Crippen molar-refractivity contribution in [2.45, 2.75) is 39.5 Å². The number of nitrogens with zero attached hydrogens (tertiary/aromatic N) is 2. The number of likely N-dealkylation sites (tertiary alicyclic amines) is 1. The van der Waals surface area contributed by atoms with E-state index >= 15 is 0 Å². The quantitative estimate of drug-likeness (QED) is 0.849. The number of carbonyl (C=O) groups excluding carboxylic acids is 2. The Kier molecular flexibility index (Phi) is 6.27. The average molecular weight is 369 g/mol. The Balaban J connectivity index is 1.47. The molecule has 1 saturated heterocycles. The second-order valence-electron chi connectivity index (χ2n) is 7.25. The molecule has 0 saturated carbocycles. The maximum absolute atomic E-state index is 12.2. The van der Waals surface area contributed by atoms with E-state index in [-0.39, 0.29) is 18.2 Å². The van der Waals surface area contributed by atoms with Crippen LogP contribution in [0.4, 0.5) is 0 Å². The van der Waals surface area contributed by atoms with Crippen LogP contribution < -0.4 is 5.32 Å². The number of oxazole rings is 1. The first-order valence-electron chi connectivity index (χ1n) is 9.59. The van der Waals surface area contributed by atoms with Crippen molar-refractivity contribution in [1.29, 1.82) is 0 Å². The highest BCUT2D eigenvalue weighted by atomic mass is 16.4. The monoisotopic (exact) mass is 369 g/mol. The number of carbonyl (C=O) groups is 2. The van der Waals surface area contributed by atoms with Gasteiger partial charge in [-0.15, -0.1) is 0 Å². The van der Waals surface area contributed by atoms with Crippen LogP contribution in [0.2, 0.25) is 0 Å². The molecule has 2 amide bonds. The summed E-state index contributed by atoms with van der Waals surface area (Å²) >= 11 is 0. The van der Waals surface area contributed by atoms with Crippen LogP contribution in [0.25, 0.3) is 11.5 Å². The van der Waals surface area contributed by atoms with Crippen LogP contribution >= 0.6 is 0 Å². The Morgan fingerprint density at radius 3 is 2.81 bits per heavy atom. The molecule has 2 aromatic rings. The molecule has 1 fully saturated rings. The molecule has 6 heteroatoms. The number of rotatable bonds is 6. The molecule has 1 aromatic heterocycles. The fourth-order valence-electron chi connectivity index (χ4n) is 3.39. The molecule has 1 aliphatic heterocycles. The molecule has 2 heterocycles. The largest absolute Gasteiger partial charge is 0.441 e. The van der Waals surface area contributed by atoms with E-state index < -0.39 is 0 Å². The summed E-state index contributed by atoms with van der Waals surface area (Å²) in [6.07, 6.45) is 2.74. The zero-order valence-electron chi connectivity index (χ0n) is 16.0. The van der Waals surface area contributed by atoms with Crippen LogP contribution in [-0.4, -0.2) is 41.3 Å². The van der Waals surface area contributed by atoms with Crippen molar-refractivity contribution in [3.05, 3.63) is 41.8 Å².